The summed E-state index contributed by atoms with van der Waals surface area (Å²) >= 11 is 0. The van der Waals surface area contributed by atoms with Crippen LogP contribution in [-0.2, 0) is 27.8 Å². The molecule has 2 rings (SSSR count). The number of hydrogen-bond acceptors (Lipinski definition) is 5. The summed E-state index contributed by atoms with van der Waals surface area (Å²) in [6, 6.07) is 14.9. The average molecular weight is 462 g/mol. The van der Waals surface area contributed by atoms with Crippen LogP contribution in [0.2, 0.25) is 0 Å². The zero-order valence-corrected chi connectivity index (χ0v) is 20.5. The number of hydrogen-bond donors (Lipinski definition) is 0. The van der Waals surface area contributed by atoms with Crippen LogP contribution in [0.15, 0.2) is 61.2 Å². The van der Waals surface area contributed by atoms with Crippen molar-refractivity contribution in [1.82, 2.24) is 4.31 Å². The highest BCUT2D eigenvalue weighted by molar-refractivity contribution is 7.89. The molecule has 0 amide bonds. The molecule has 0 fully saturated rings. The van der Waals surface area contributed by atoms with E-state index in [1.807, 2.05) is 62.4 Å². The van der Waals surface area contributed by atoms with Crippen LogP contribution in [0.5, 0.6) is 11.5 Å². The summed E-state index contributed by atoms with van der Waals surface area (Å²) in [5.41, 5.74) is 1.76. The van der Waals surface area contributed by atoms with Gasteiger partial charge in [-0.3, -0.25) is 0 Å². The molecule has 176 valence electrons. The van der Waals surface area contributed by atoms with Crippen LogP contribution in [0.1, 0.15) is 31.4 Å². The summed E-state index contributed by atoms with van der Waals surface area (Å²) in [7, 11) is 1.03. The molecule has 0 unspecified atom stereocenters. The van der Waals surface area contributed by atoms with Crippen molar-refractivity contribution >= 4 is 10.0 Å². The minimum absolute atomic E-state index is 0.140. The smallest absolute Gasteiger partial charge is 0.220 e. The molecular formula is C25H35NO5S. The van der Waals surface area contributed by atoms with Crippen LogP contribution in [0, 0.1) is 5.92 Å². The Morgan fingerprint density at radius 2 is 1.31 bits per heavy atom. The fourth-order valence-corrected chi connectivity index (χ4v) is 6.07. The molecule has 0 aliphatic rings. The van der Waals surface area contributed by atoms with Crippen molar-refractivity contribution in [3.05, 3.63) is 72.3 Å². The van der Waals surface area contributed by atoms with E-state index >= 15 is 0 Å². The Balaban J connectivity index is 2.45. The minimum atomic E-state index is -3.73. The molecule has 0 aliphatic carbocycles. The van der Waals surface area contributed by atoms with E-state index in [1.54, 1.807) is 27.4 Å². The van der Waals surface area contributed by atoms with Crippen LogP contribution in [-0.4, -0.2) is 45.4 Å². The summed E-state index contributed by atoms with van der Waals surface area (Å²) in [4.78, 5) is 0. The molecule has 7 heteroatoms. The SMILES string of the molecule is C=CC[C@H](OC)[C@@H](C(C)C)S(=O)(=O)N(Cc1ccc(OC)cc1)Cc1ccc(OC)cc1. The van der Waals surface area contributed by atoms with Crippen molar-refractivity contribution in [1.29, 1.82) is 0 Å². The van der Waals surface area contributed by atoms with Crippen LogP contribution in [0.3, 0.4) is 0 Å². The van der Waals surface area contributed by atoms with Gasteiger partial charge in [-0.05, 0) is 47.7 Å². The summed E-state index contributed by atoms with van der Waals surface area (Å²) in [6.45, 7) is 8.08. The van der Waals surface area contributed by atoms with E-state index < -0.39 is 21.4 Å². The molecule has 0 spiro atoms. The van der Waals surface area contributed by atoms with Crippen molar-refractivity contribution in [2.45, 2.75) is 44.7 Å². The van der Waals surface area contributed by atoms with E-state index in [9.17, 15) is 8.42 Å². The summed E-state index contributed by atoms with van der Waals surface area (Å²) in [5.74, 6) is 1.31. The quantitative estimate of drug-likeness (QED) is 0.406. The second-order valence-corrected chi connectivity index (χ2v) is 10.1. The zero-order chi connectivity index (χ0) is 23.7. The Hall–Kier alpha value is -2.35. The first-order valence-electron chi connectivity index (χ1n) is 10.6. The maximum absolute atomic E-state index is 14.0. The molecule has 0 aliphatic heterocycles. The Morgan fingerprint density at radius 1 is 0.875 bits per heavy atom. The summed E-state index contributed by atoms with van der Waals surface area (Å²) in [6.07, 6.45) is 1.68. The van der Waals surface area contributed by atoms with Crippen LogP contribution < -0.4 is 9.47 Å². The third-order valence-corrected chi connectivity index (χ3v) is 7.98. The molecule has 0 aromatic heterocycles. The molecule has 2 aromatic rings. The first-order chi connectivity index (χ1) is 15.3. The van der Waals surface area contributed by atoms with Gasteiger partial charge in [-0.2, -0.15) is 4.31 Å². The van der Waals surface area contributed by atoms with Crippen molar-refractivity contribution in [2.75, 3.05) is 21.3 Å². The normalized spacial score (nSPS) is 13.7. The minimum Gasteiger partial charge on any atom is -0.497 e. The number of benzene rings is 2. The van der Waals surface area contributed by atoms with Gasteiger partial charge in [0.25, 0.3) is 0 Å². The maximum atomic E-state index is 14.0. The van der Waals surface area contributed by atoms with Gasteiger partial charge >= 0.3 is 0 Å². The van der Waals surface area contributed by atoms with Gasteiger partial charge in [-0.25, -0.2) is 8.42 Å². The Labute approximate surface area is 192 Å². The maximum Gasteiger partial charge on any atom is 0.220 e. The van der Waals surface area contributed by atoms with Crippen molar-refractivity contribution in [2.24, 2.45) is 5.92 Å². The van der Waals surface area contributed by atoms with E-state index in [0.29, 0.717) is 6.42 Å². The number of methoxy groups -OCH3 is 3. The molecule has 6 nitrogen and oxygen atoms in total. The molecule has 0 bridgehead atoms. The lowest BCUT2D eigenvalue weighted by Crippen LogP contribution is -2.47. The molecule has 2 aromatic carbocycles. The fraction of sp³-hybridized carbons (Fsp3) is 0.440. The van der Waals surface area contributed by atoms with Gasteiger partial charge in [0, 0.05) is 20.2 Å². The average Bonchev–Trinajstić information content (AvgIpc) is 2.78. The second-order valence-electron chi connectivity index (χ2n) is 8.02. The molecule has 0 saturated carbocycles. The van der Waals surface area contributed by atoms with Gasteiger partial charge < -0.3 is 14.2 Å². The molecular weight excluding hydrogens is 426 g/mol. The van der Waals surface area contributed by atoms with Gasteiger partial charge in [-0.1, -0.05) is 44.2 Å². The van der Waals surface area contributed by atoms with Gasteiger partial charge in [0.1, 0.15) is 16.7 Å². The number of nitrogens with zero attached hydrogens (tertiary/aromatic N) is 1. The first kappa shape index (κ1) is 25.9. The lowest BCUT2D eigenvalue weighted by molar-refractivity contribution is 0.0877. The monoisotopic (exact) mass is 461 g/mol. The summed E-state index contributed by atoms with van der Waals surface area (Å²) in [5, 5.41) is -0.706. The van der Waals surface area contributed by atoms with E-state index in [2.05, 4.69) is 6.58 Å². The molecule has 32 heavy (non-hydrogen) atoms. The predicted molar refractivity (Wildman–Crippen MR) is 128 cm³/mol. The number of rotatable bonds is 13. The standard InChI is InChI=1S/C25H35NO5S/c1-7-8-24(31-6)25(19(2)3)32(27,28)26(17-20-9-13-22(29-4)14-10-20)18-21-11-15-23(30-5)16-12-21/h7,9-16,19,24-25H,1,8,17-18H2,2-6H3/t24-,25+/m0/s1. The van der Waals surface area contributed by atoms with E-state index in [-0.39, 0.29) is 19.0 Å². The number of sulfonamides is 1. The molecule has 2 atom stereocenters. The van der Waals surface area contributed by atoms with Crippen molar-refractivity contribution in [3.8, 4) is 11.5 Å². The van der Waals surface area contributed by atoms with Crippen LogP contribution in [0.25, 0.3) is 0 Å². The summed E-state index contributed by atoms with van der Waals surface area (Å²) < 4.78 is 45.5. The van der Waals surface area contributed by atoms with Gasteiger partial charge in [-0.15, -0.1) is 6.58 Å². The molecule has 0 radical (unpaired) electrons. The lowest BCUT2D eigenvalue weighted by Gasteiger charge is -2.34. The highest BCUT2D eigenvalue weighted by Crippen LogP contribution is 2.28. The largest absolute Gasteiger partial charge is 0.497 e. The third-order valence-electron chi connectivity index (χ3n) is 5.47. The Morgan fingerprint density at radius 3 is 1.62 bits per heavy atom. The third kappa shape index (κ3) is 6.58. The Bertz CT molecular complexity index is 890. The van der Waals surface area contributed by atoms with Gasteiger partial charge in [0.15, 0.2) is 0 Å². The van der Waals surface area contributed by atoms with Gasteiger partial charge in [0.2, 0.25) is 10.0 Å². The van der Waals surface area contributed by atoms with E-state index in [0.717, 1.165) is 22.6 Å². The highest BCUT2D eigenvalue weighted by Gasteiger charge is 2.39. The molecule has 0 N–H and O–H groups in total. The zero-order valence-electron chi connectivity index (χ0n) is 19.7. The molecule has 0 saturated heterocycles. The highest BCUT2D eigenvalue weighted by atomic mass is 32.2. The van der Waals surface area contributed by atoms with E-state index in [1.165, 1.54) is 4.31 Å². The van der Waals surface area contributed by atoms with Crippen LogP contribution >= 0.6 is 0 Å². The van der Waals surface area contributed by atoms with Crippen molar-refractivity contribution in [3.63, 3.8) is 0 Å². The van der Waals surface area contributed by atoms with Crippen molar-refractivity contribution < 1.29 is 22.6 Å². The molecule has 0 heterocycles. The van der Waals surface area contributed by atoms with Crippen LogP contribution in [0.4, 0.5) is 0 Å². The van der Waals surface area contributed by atoms with E-state index in [4.69, 9.17) is 14.2 Å². The number of ether oxygens (including phenoxy) is 3. The first-order valence-corrected chi connectivity index (χ1v) is 12.2. The second kappa shape index (κ2) is 12.0. The fourth-order valence-electron chi connectivity index (χ4n) is 3.77. The lowest BCUT2D eigenvalue weighted by atomic mass is 10.0. The Kier molecular flexibility index (Phi) is 9.75. The predicted octanol–water partition coefficient (Wildman–Crippen LogP) is 4.65. The van der Waals surface area contributed by atoms with Gasteiger partial charge in [0.05, 0.1) is 20.3 Å². The topological polar surface area (TPSA) is 65.1 Å².